The predicted octanol–water partition coefficient (Wildman–Crippen LogP) is 6.28. The molecular formula is C27H24FNO2. The molecule has 156 valence electrons. The Balaban J connectivity index is 1.52. The van der Waals surface area contributed by atoms with E-state index in [1.807, 2.05) is 55.5 Å². The number of carbonyl (C=O) groups is 1. The van der Waals surface area contributed by atoms with Crippen LogP contribution in [0.4, 0.5) is 10.1 Å². The fraction of sp³-hybridized carbons (Fsp3) is 0.148. The van der Waals surface area contributed by atoms with Gasteiger partial charge in [-0.25, -0.2) is 4.39 Å². The molecule has 4 heteroatoms. The van der Waals surface area contributed by atoms with Gasteiger partial charge in [-0.3, -0.25) is 4.79 Å². The third kappa shape index (κ3) is 4.75. The van der Waals surface area contributed by atoms with Crippen molar-refractivity contribution >= 4 is 28.9 Å². The minimum absolute atomic E-state index is 0.121. The number of halogens is 1. The second-order valence-electron chi connectivity index (χ2n) is 7.71. The van der Waals surface area contributed by atoms with E-state index in [-0.39, 0.29) is 12.2 Å². The Morgan fingerprint density at radius 1 is 1.00 bits per heavy atom. The first-order valence-corrected chi connectivity index (χ1v) is 10.3. The average molecular weight is 413 g/mol. The topological polar surface area (TPSA) is 49.3 Å². The Morgan fingerprint density at radius 2 is 1.74 bits per heavy atom. The van der Waals surface area contributed by atoms with Crippen molar-refractivity contribution < 1.29 is 14.3 Å². The van der Waals surface area contributed by atoms with Gasteiger partial charge >= 0.3 is 5.97 Å². The lowest BCUT2D eigenvalue weighted by molar-refractivity contribution is -0.135. The van der Waals surface area contributed by atoms with Gasteiger partial charge in [-0.05, 0) is 82.7 Å². The molecule has 0 aliphatic heterocycles. The molecule has 3 aromatic rings. The summed E-state index contributed by atoms with van der Waals surface area (Å²) in [7, 11) is 0. The standard InChI is InChI=1S/C27H24FNO2/c1-18-24(23-12-9-21(28)16-26(23)25(18)17-27(30)31)15-20-7-10-22(11-8-20)29-14-13-19-5-3-2-4-6-19/h2-12,15-16,29H,13-14,17H2,1H3,(H,30,31)/b24-15-. The first-order valence-electron chi connectivity index (χ1n) is 10.3. The van der Waals surface area contributed by atoms with Crippen molar-refractivity contribution in [1.29, 1.82) is 0 Å². The van der Waals surface area contributed by atoms with Crippen LogP contribution in [-0.4, -0.2) is 17.6 Å². The van der Waals surface area contributed by atoms with E-state index in [1.54, 1.807) is 6.07 Å². The van der Waals surface area contributed by atoms with E-state index >= 15 is 0 Å². The van der Waals surface area contributed by atoms with E-state index in [0.717, 1.165) is 40.9 Å². The summed E-state index contributed by atoms with van der Waals surface area (Å²) in [5, 5.41) is 12.7. The predicted molar refractivity (Wildman–Crippen MR) is 124 cm³/mol. The van der Waals surface area contributed by atoms with Crippen molar-refractivity contribution in [3.05, 3.63) is 106 Å². The molecule has 31 heavy (non-hydrogen) atoms. The molecule has 0 unspecified atom stereocenters. The van der Waals surface area contributed by atoms with Gasteiger partial charge in [-0.1, -0.05) is 48.5 Å². The number of carboxylic acids is 1. The Hall–Kier alpha value is -3.66. The van der Waals surface area contributed by atoms with Crippen molar-refractivity contribution in [2.75, 3.05) is 11.9 Å². The van der Waals surface area contributed by atoms with Crippen LogP contribution in [0.5, 0.6) is 0 Å². The summed E-state index contributed by atoms with van der Waals surface area (Å²) >= 11 is 0. The molecule has 0 atom stereocenters. The van der Waals surface area contributed by atoms with Crippen LogP contribution in [0, 0.1) is 5.82 Å². The van der Waals surface area contributed by atoms with Crippen molar-refractivity contribution in [2.45, 2.75) is 19.8 Å². The monoisotopic (exact) mass is 413 g/mol. The molecule has 0 bridgehead atoms. The van der Waals surface area contributed by atoms with E-state index in [9.17, 15) is 14.3 Å². The summed E-state index contributed by atoms with van der Waals surface area (Å²) in [6.07, 6.45) is 2.87. The minimum atomic E-state index is -0.920. The summed E-state index contributed by atoms with van der Waals surface area (Å²) in [6.45, 7) is 2.76. The maximum atomic E-state index is 13.8. The Labute approximate surface area is 181 Å². The van der Waals surface area contributed by atoms with Gasteiger partial charge in [0.1, 0.15) is 5.82 Å². The van der Waals surface area contributed by atoms with Crippen LogP contribution in [0.2, 0.25) is 0 Å². The largest absolute Gasteiger partial charge is 0.481 e. The zero-order valence-electron chi connectivity index (χ0n) is 17.4. The van der Waals surface area contributed by atoms with Crippen LogP contribution in [-0.2, 0) is 11.2 Å². The fourth-order valence-electron chi connectivity index (χ4n) is 3.99. The van der Waals surface area contributed by atoms with Gasteiger partial charge in [0.2, 0.25) is 0 Å². The summed E-state index contributed by atoms with van der Waals surface area (Å²) in [5.74, 6) is -1.28. The van der Waals surface area contributed by atoms with Crippen molar-refractivity contribution in [3.8, 4) is 0 Å². The third-order valence-corrected chi connectivity index (χ3v) is 5.59. The van der Waals surface area contributed by atoms with Gasteiger partial charge in [-0.2, -0.15) is 0 Å². The van der Waals surface area contributed by atoms with Gasteiger partial charge in [0.05, 0.1) is 6.42 Å². The van der Waals surface area contributed by atoms with E-state index in [4.69, 9.17) is 0 Å². The van der Waals surface area contributed by atoms with Crippen molar-refractivity contribution in [2.24, 2.45) is 0 Å². The molecule has 3 nitrogen and oxygen atoms in total. The maximum Gasteiger partial charge on any atom is 0.307 e. The van der Waals surface area contributed by atoms with Crippen LogP contribution in [0.1, 0.15) is 35.6 Å². The molecule has 1 aliphatic rings. The van der Waals surface area contributed by atoms with Crippen LogP contribution in [0.25, 0.3) is 17.2 Å². The highest BCUT2D eigenvalue weighted by molar-refractivity contribution is 6.07. The molecule has 0 heterocycles. The molecular weight excluding hydrogens is 389 g/mol. The summed E-state index contributed by atoms with van der Waals surface area (Å²) < 4.78 is 13.8. The molecule has 0 saturated heterocycles. The van der Waals surface area contributed by atoms with E-state index < -0.39 is 5.97 Å². The molecule has 3 aromatic carbocycles. The van der Waals surface area contributed by atoms with Gasteiger partial charge in [-0.15, -0.1) is 0 Å². The molecule has 0 amide bonds. The van der Waals surface area contributed by atoms with Gasteiger partial charge in [0.25, 0.3) is 0 Å². The summed E-state index contributed by atoms with van der Waals surface area (Å²) in [5.41, 5.74) is 7.40. The number of allylic oxidation sites excluding steroid dienone is 2. The number of hydrogen-bond acceptors (Lipinski definition) is 2. The quantitative estimate of drug-likeness (QED) is 0.479. The Morgan fingerprint density at radius 3 is 2.45 bits per heavy atom. The van der Waals surface area contributed by atoms with Gasteiger partial charge in [0.15, 0.2) is 0 Å². The lowest BCUT2D eigenvalue weighted by Crippen LogP contribution is -2.04. The van der Waals surface area contributed by atoms with Crippen LogP contribution in [0.15, 0.2) is 78.4 Å². The summed E-state index contributed by atoms with van der Waals surface area (Å²) in [6, 6.07) is 23.1. The zero-order valence-corrected chi connectivity index (χ0v) is 17.4. The van der Waals surface area contributed by atoms with E-state index in [1.165, 1.54) is 17.7 Å². The number of nitrogens with one attached hydrogen (secondary N) is 1. The molecule has 2 N–H and O–H groups in total. The molecule has 0 saturated carbocycles. The number of anilines is 1. The Kier molecular flexibility index (Phi) is 5.99. The smallest absolute Gasteiger partial charge is 0.307 e. The lowest BCUT2D eigenvalue weighted by atomic mass is 10.0. The molecule has 1 aliphatic carbocycles. The average Bonchev–Trinajstić information content (AvgIpc) is 3.00. The SMILES string of the molecule is CC1=C(CC(=O)O)c2cc(F)ccc2/C1=C\c1ccc(NCCc2ccccc2)cc1. The first-order chi connectivity index (χ1) is 15.0. The number of aliphatic carboxylic acids is 1. The maximum absolute atomic E-state index is 13.8. The zero-order chi connectivity index (χ0) is 21.8. The second kappa shape index (κ2) is 9.00. The second-order valence-corrected chi connectivity index (χ2v) is 7.71. The minimum Gasteiger partial charge on any atom is -0.481 e. The van der Waals surface area contributed by atoms with Gasteiger partial charge < -0.3 is 10.4 Å². The fourth-order valence-corrected chi connectivity index (χ4v) is 3.99. The van der Waals surface area contributed by atoms with E-state index in [2.05, 4.69) is 17.4 Å². The van der Waals surface area contributed by atoms with Crippen LogP contribution < -0.4 is 5.32 Å². The molecule has 0 radical (unpaired) electrons. The van der Waals surface area contributed by atoms with Gasteiger partial charge in [0, 0.05) is 12.2 Å². The molecule has 0 aromatic heterocycles. The number of benzene rings is 3. The lowest BCUT2D eigenvalue weighted by Gasteiger charge is -2.08. The highest BCUT2D eigenvalue weighted by Gasteiger charge is 2.25. The normalized spacial score (nSPS) is 14.1. The highest BCUT2D eigenvalue weighted by atomic mass is 19.1. The van der Waals surface area contributed by atoms with Crippen molar-refractivity contribution in [1.82, 2.24) is 0 Å². The first kappa shape index (κ1) is 20.6. The summed E-state index contributed by atoms with van der Waals surface area (Å²) in [4.78, 5) is 11.3. The third-order valence-electron chi connectivity index (χ3n) is 5.59. The number of hydrogen-bond donors (Lipinski definition) is 2. The molecule has 4 rings (SSSR count). The highest BCUT2D eigenvalue weighted by Crippen LogP contribution is 2.43. The van der Waals surface area contributed by atoms with E-state index in [0.29, 0.717) is 11.1 Å². The van der Waals surface area contributed by atoms with Crippen molar-refractivity contribution in [3.63, 3.8) is 0 Å². The van der Waals surface area contributed by atoms with Crippen LogP contribution >= 0.6 is 0 Å². The molecule has 0 spiro atoms. The van der Waals surface area contributed by atoms with Crippen LogP contribution in [0.3, 0.4) is 0 Å². The number of carboxylic acid groups (broad SMARTS) is 1. The molecule has 0 fully saturated rings. The number of rotatable bonds is 7. The Bertz CT molecular complexity index is 1160. The number of fused-ring (bicyclic) bond motifs is 1.